The molecule has 1 saturated heterocycles. The number of benzene rings is 2. The van der Waals surface area contributed by atoms with Crippen LogP contribution in [0.2, 0.25) is 5.02 Å². The van der Waals surface area contributed by atoms with Gasteiger partial charge in [-0.05, 0) is 29.8 Å². The summed E-state index contributed by atoms with van der Waals surface area (Å²) in [6.45, 7) is 4.28. The number of halogens is 1. The molecule has 0 unspecified atom stereocenters. The van der Waals surface area contributed by atoms with E-state index in [-0.39, 0.29) is 24.9 Å². The lowest BCUT2D eigenvalue weighted by molar-refractivity contribution is -0.383. The third-order valence-corrected chi connectivity index (χ3v) is 6.30. The fraction of sp³-hybridized carbons (Fsp3) is 0.333. The van der Waals surface area contributed by atoms with Gasteiger partial charge in [0.05, 0.1) is 16.5 Å². The third kappa shape index (κ3) is 5.37. The first-order valence-corrected chi connectivity index (χ1v) is 11.9. The van der Waals surface area contributed by atoms with E-state index in [2.05, 4.69) is 20.2 Å². The summed E-state index contributed by atoms with van der Waals surface area (Å²) in [5.41, 5.74) is 0.991. The molecule has 1 fully saturated rings. The van der Waals surface area contributed by atoms with Gasteiger partial charge in [-0.1, -0.05) is 29.8 Å². The molecule has 36 heavy (non-hydrogen) atoms. The molecule has 188 valence electrons. The summed E-state index contributed by atoms with van der Waals surface area (Å²) in [6, 6.07) is 13.1. The molecule has 0 spiro atoms. The molecule has 0 aliphatic carbocycles. The molecule has 0 bridgehead atoms. The quantitative estimate of drug-likeness (QED) is 0.259. The number of nitrogens with one attached hydrogen (secondary N) is 1. The molecule has 11 nitrogen and oxygen atoms in total. The van der Waals surface area contributed by atoms with Crippen molar-refractivity contribution in [2.45, 2.75) is 6.54 Å². The van der Waals surface area contributed by atoms with E-state index in [1.807, 2.05) is 35.2 Å². The van der Waals surface area contributed by atoms with Crippen molar-refractivity contribution < 1.29 is 19.1 Å². The molecule has 1 N–H and O–H groups in total. The van der Waals surface area contributed by atoms with Crippen LogP contribution >= 0.6 is 11.6 Å². The standard InChI is InChI=1S/C24H25ClN6O5/c25-18-3-1-2-4-19(18)34-12-7-26-23-22(31(32)33)24(28-15-27-23)30-10-8-29(9-11-30)14-17-5-6-20-21(13-17)36-16-35-20/h1-6,13,15H,7-12,14,16H2,(H,26,27,28). The highest BCUT2D eigenvalue weighted by Gasteiger charge is 2.29. The van der Waals surface area contributed by atoms with Crippen LogP contribution in [-0.4, -0.2) is 65.9 Å². The maximum Gasteiger partial charge on any atom is 0.353 e. The predicted octanol–water partition coefficient (Wildman–Crippen LogP) is 3.58. The molecular weight excluding hydrogens is 488 g/mol. The predicted molar refractivity (Wildman–Crippen MR) is 134 cm³/mol. The zero-order valence-corrected chi connectivity index (χ0v) is 20.2. The topological polar surface area (TPSA) is 115 Å². The van der Waals surface area contributed by atoms with Crippen molar-refractivity contribution in [3.8, 4) is 17.2 Å². The fourth-order valence-corrected chi connectivity index (χ4v) is 4.40. The smallest absolute Gasteiger partial charge is 0.353 e. The molecular formula is C24H25ClN6O5. The lowest BCUT2D eigenvalue weighted by Gasteiger charge is -2.35. The number of piperazine rings is 1. The van der Waals surface area contributed by atoms with Crippen LogP contribution in [0, 0.1) is 10.1 Å². The molecule has 0 amide bonds. The molecule has 0 radical (unpaired) electrons. The average molecular weight is 513 g/mol. The number of ether oxygens (including phenoxy) is 3. The first kappa shape index (κ1) is 23.9. The second kappa shape index (κ2) is 10.8. The van der Waals surface area contributed by atoms with Gasteiger partial charge in [0, 0.05) is 32.7 Å². The second-order valence-electron chi connectivity index (χ2n) is 8.31. The number of fused-ring (bicyclic) bond motifs is 1. The zero-order chi connectivity index (χ0) is 24.9. The Labute approximate surface area is 212 Å². The van der Waals surface area contributed by atoms with E-state index in [4.69, 9.17) is 25.8 Å². The van der Waals surface area contributed by atoms with Crippen LogP contribution in [-0.2, 0) is 6.54 Å². The highest BCUT2D eigenvalue weighted by Crippen LogP contribution is 2.34. The largest absolute Gasteiger partial charge is 0.490 e. The minimum Gasteiger partial charge on any atom is -0.490 e. The van der Waals surface area contributed by atoms with Crippen LogP contribution in [0.3, 0.4) is 0 Å². The van der Waals surface area contributed by atoms with Crippen molar-refractivity contribution in [1.82, 2.24) is 14.9 Å². The van der Waals surface area contributed by atoms with Gasteiger partial charge in [0.15, 0.2) is 11.5 Å². The Morgan fingerprint density at radius 1 is 1.08 bits per heavy atom. The van der Waals surface area contributed by atoms with E-state index in [1.165, 1.54) is 6.33 Å². The summed E-state index contributed by atoms with van der Waals surface area (Å²) in [6.07, 6.45) is 1.35. The van der Waals surface area contributed by atoms with Gasteiger partial charge in [-0.15, -0.1) is 0 Å². The van der Waals surface area contributed by atoms with Gasteiger partial charge in [-0.2, -0.15) is 0 Å². The Morgan fingerprint density at radius 3 is 2.69 bits per heavy atom. The van der Waals surface area contributed by atoms with Crippen LogP contribution in [0.1, 0.15) is 5.56 Å². The summed E-state index contributed by atoms with van der Waals surface area (Å²) in [4.78, 5) is 24.1. The van der Waals surface area contributed by atoms with Gasteiger partial charge >= 0.3 is 5.69 Å². The Bertz CT molecular complexity index is 1240. The third-order valence-electron chi connectivity index (χ3n) is 5.99. The molecule has 2 aliphatic rings. The van der Waals surface area contributed by atoms with Crippen molar-refractivity contribution in [3.63, 3.8) is 0 Å². The molecule has 2 aliphatic heterocycles. The van der Waals surface area contributed by atoms with Gasteiger partial charge in [0.25, 0.3) is 0 Å². The van der Waals surface area contributed by atoms with E-state index >= 15 is 0 Å². The molecule has 0 saturated carbocycles. The van der Waals surface area contributed by atoms with E-state index in [9.17, 15) is 10.1 Å². The first-order chi connectivity index (χ1) is 17.6. The Morgan fingerprint density at radius 2 is 1.89 bits per heavy atom. The fourth-order valence-electron chi connectivity index (χ4n) is 4.21. The van der Waals surface area contributed by atoms with Crippen molar-refractivity contribution in [1.29, 1.82) is 0 Å². The van der Waals surface area contributed by atoms with Gasteiger partial charge in [-0.25, -0.2) is 9.97 Å². The van der Waals surface area contributed by atoms with E-state index in [1.54, 1.807) is 12.1 Å². The van der Waals surface area contributed by atoms with Crippen LogP contribution in [0.5, 0.6) is 17.2 Å². The minimum atomic E-state index is -0.439. The number of rotatable bonds is 9. The molecule has 1 aromatic heterocycles. The highest BCUT2D eigenvalue weighted by molar-refractivity contribution is 6.32. The van der Waals surface area contributed by atoms with Gasteiger partial charge < -0.3 is 24.4 Å². The molecule has 12 heteroatoms. The van der Waals surface area contributed by atoms with Crippen molar-refractivity contribution in [2.24, 2.45) is 0 Å². The van der Waals surface area contributed by atoms with Gasteiger partial charge in [0.1, 0.15) is 18.7 Å². The molecule has 5 rings (SSSR count). The highest BCUT2D eigenvalue weighted by atomic mass is 35.5. The number of anilines is 2. The number of para-hydroxylation sites is 1. The van der Waals surface area contributed by atoms with Crippen molar-refractivity contribution in [3.05, 3.63) is 69.5 Å². The van der Waals surface area contributed by atoms with Gasteiger partial charge in [-0.3, -0.25) is 15.0 Å². The normalized spacial score (nSPS) is 15.1. The number of aromatic nitrogens is 2. The van der Waals surface area contributed by atoms with Crippen LogP contribution in [0.25, 0.3) is 0 Å². The number of nitrogens with zero attached hydrogens (tertiary/aromatic N) is 5. The lowest BCUT2D eigenvalue weighted by atomic mass is 10.1. The number of hydrogen-bond acceptors (Lipinski definition) is 10. The summed E-state index contributed by atoms with van der Waals surface area (Å²) >= 11 is 6.10. The molecule has 3 aromatic rings. The monoisotopic (exact) mass is 512 g/mol. The van der Waals surface area contributed by atoms with Crippen LogP contribution < -0.4 is 24.4 Å². The first-order valence-electron chi connectivity index (χ1n) is 11.5. The SMILES string of the molecule is O=[N+]([O-])c1c(NCCOc2ccccc2Cl)ncnc1N1CCN(Cc2ccc3c(c2)OCO3)CC1. The van der Waals surface area contributed by atoms with E-state index < -0.39 is 4.92 Å². The van der Waals surface area contributed by atoms with Crippen LogP contribution in [0.15, 0.2) is 48.8 Å². The van der Waals surface area contributed by atoms with Gasteiger partial charge in [0.2, 0.25) is 18.4 Å². The van der Waals surface area contributed by atoms with E-state index in [0.717, 1.165) is 36.7 Å². The summed E-state index contributed by atoms with van der Waals surface area (Å²) in [7, 11) is 0. The molecule has 0 atom stereocenters. The lowest BCUT2D eigenvalue weighted by Crippen LogP contribution is -2.46. The second-order valence-corrected chi connectivity index (χ2v) is 8.72. The molecule has 3 heterocycles. The van der Waals surface area contributed by atoms with Crippen molar-refractivity contribution >= 4 is 28.9 Å². The van der Waals surface area contributed by atoms with E-state index in [0.29, 0.717) is 36.2 Å². The maximum absolute atomic E-state index is 12.0. The molecule has 2 aromatic carbocycles. The number of nitro groups is 1. The Kier molecular flexibility index (Phi) is 7.19. The summed E-state index contributed by atoms with van der Waals surface area (Å²) in [5, 5.41) is 15.5. The van der Waals surface area contributed by atoms with Crippen LogP contribution in [0.4, 0.5) is 17.3 Å². The average Bonchev–Trinajstić information content (AvgIpc) is 3.36. The minimum absolute atomic E-state index is 0.139. The summed E-state index contributed by atoms with van der Waals surface area (Å²) < 4.78 is 16.5. The number of hydrogen-bond donors (Lipinski definition) is 1. The zero-order valence-electron chi connectivity index (χ0n) is 19.4. The summed E-state index contributed by atoms with van der Waals surface area (Å²) in [5.74, 6) is 2.56. The van der Waals surface area contributed by atoms with Crippen molar-refractivity contribution in [2.75, 3.05) is 56.3 Å². The maximum atomic E-state index is 12.0. The Balaban J connectivity index is 1.19. The Hall–Kier alpha value is -3.83.